The fourth-order valence-corrected chi connectivity index (χ4v) is 2.82. The second kappa shape index (κ2) is 7.25. The lowest BCUT2D eigenvalue weighted by molar-refractivity contribution is 0.0950. The fourth-order valence-electron chi connectivity index (χ4n) is 2.82. The highest BCUT2D eigenvalue weighted by Gasteiger charge is 2.12. The maximum Gasteiger partial charge on any atom is 0.254 e. The summed E-state index contributed by atoms with van der Waals surface area (Å²) in [6.45, 7) is 3.43. The van der Waals surface area contributed by atoms with Crippen LogP contribution < -0.4 is 5.32 Å². The molecule has 2 aromatic carbocycles. The van der Waals surface area contributed by atoms with Gasteiger partial charge in [0.25, 0.3) is 5.91 Å². The summed E-state index contributed by atoms with van der Waals surface area (Å²) in [5.41, 5.74) is 2.13. The highest BCUT2D eigenvalue weighted by molar-refractivity contribution is 5.94. The first-order chi connectivity index (χ1) is 11.7. The van der Waals surface area contributed by atoms with Gasteiger partial charge in [-0.2, -0.15) is 0 Å². The average molecular weight is 325 g/mol. The first-order valence-electron chi connectivity index (χ1n) is 8.17. The normalized spacial score (nSPS) is 10.9. The van der Waals surface area contributed by atoms with Crippen LogP contribution in [-0.4, -0.2) is 22.0 Å². The largest absolute Gasteiger partial charge is 0.351 e. The van der Waals surface area contributed by atoms with Gasteiger partial charge in [-0.15, -0.1) is 0 Å². The van der Waals surface area contributed by atoms with Gasteiger partial charge in [-0.3, -0.25) is 4.79 Å². The minimum absolute atomic E-state index is 0.0690. The first-order valence-corrected chi connectivity index (χ1v) is 8.17. The smallest absolute Gasteiger partial charge is 0.254 e. The van der Waals surface area contributed by atoms with Gasteiger partial charge in [-0.25, -0.2) is 9.37 Å². The average Bonchev–Trinajstić information content (AvgIpc) is 2.93. The number of nitrogens with zero attached hydrogens (tertiary/aromatic N) is 2. The van der Waals surface area contributed by atoms with Crippen LogP contribution in [0, 0.1) is 5.82 Å². The number of imidazole rings is 1. The predicted molar refractivity (Wildman–Crippen MR) is 92.5 cm³/mol. The Morgan fingerprint density at radius 3 is 2.71 bits per heavy atom. The minimum atomic E-state index is -0.506. The van der Waals surface area contributed by atoms with Crippen molar-refractivity contribution in [1.82, 2.24) is 14.9 Å². The van der Waals surface area contributed by atoms with E-state index in [9.17, 15) is 9.18 Å². The van der Waals surface area contributed by atoms with Gasteiger partial charge in [0.05, 0.1) is 16.6 Å². The van der Waals surface area contributed by atoms with Crippen LogP contribution in [0.2, 0.25) is 0 Å². The minimum Gasteiger partial charge on any atom is -0.351 e. The monoisotopic (exact) mass is 325 g/mol. The molecule has 0 unspecified atom stereocenters. The number of carbonyl (C=O) groups is 1. The number of fused-ring (bicyclic) bond motifs is 1. The molecule has 1 N–H and O–H groups in total. The molecule has 5 heteroatoms. The molecule has 3 aromatic rings. The number of nitrogens with one attached hydrogen (secondary N) is 1. The molecule has 0 aliphatic carbocycles. The van der Waals surface area contributed by atoms with Crippen LogP contribution in [0.3, 0.4) is 0 Å². The third-order valence-corrected chi connectivity index (χ3v) is 3.93. The van der Waals surface area contributed by atoms with Crippen LogP contribution in [0.25, 0.3) is 11.0 Å². The predicted octanol–water partition coefficient (Wildman–Crippen LogP) is 3.56. The van der Waals surface area contributed by atoms with E-state index >= 15 is 0 Å². The number of hydrogen-bond donors (Lipinski definition) is 1. The molecule has 0 fully saturated rings. The van der Waals surface area contributed by atoms with Crippen molar-refractivity contribution < 1.29 is 9.18 Å². The summed E-state index contributed by atoms with van der Waals surface area (Å²) in [6.07, 6.45) is 1.61. The van der Waals surface area contributed by atoms with Crippen molar-refractivity contribution in [2.45, 2.75) is 26.3 Å². The Labute approximate surface area is 140 Å². The Hall–Kier alpha value is -2.69. The zero-order valence-corrected chi connectivity index (χ0v) is 13.6. The number of aromatic nitrogens is 2. The standard InChI is InChI=1S/C19H20FN3O/c1-2-13-23-17-10-6-5-9-16(17)22-18(23)11-12-21-19(24)14-7-3-4-8-15(14)20/h3-10H,2,11-13H2,1H3,(H,21,24). The van der Waals surface area contributed by atoms with E-state index in [0.29, 0.717) is 13.0 Å². The van der Waals surface area contributed by atoms with Crippen molar-refractivity contribution in [1.29, 1.82) is 0 Å². The molecular formula is C19H20FN3O. The number of amides is 1. The van der Waals surface area contributed by atoms with Crippen LogP contribution in [-0.2, 0) is 13.0 Å². The van der Waals surface area contributed by atoms with E-state index in [-0.39, 0.29) is 5.56 Å². The molecule has 24 heavy (non-hydrogen) atoms. The number of para-hydroxylation sites is 2. The Kier molecular flexibility index (Phi) is 4.89. The zero-order chi connectivity index (χ0) is 16.9. The number of aryl methyl sites for hydroxylation is 1. The van der Waals surface area contributed by atoms with Crippen LogP contribution in [0.5, 0.6) is 0 Å². The SMILES string of the molecule is CCCn1c(CCNC(=O)c2ccccc2F)nc2ccccc21. The second-order valence-electron chi connectivity index (χ2n) is 5.65. The lowest BCUT2D eigenvalue weighted by atomic mass is 10.2. The molecule has 4 nitrogen and oxygen atoms in total. The molecule has 0 saturated heterocycles. The van der Waals surface area contributed by atoms with Gasteiger partial charge in [0.15, 0.2) is 0 Å². The number of benzene rings is 2. The third-order valence-electron chi connectivity index (χ3n) is 3.93. The summed E-state index contributed by atoms with van der Waals surface area (Å²) in [5.74, 6) is 0.0337. The van der Waals surface area contributed by atoms with Gasteiger partial charge < -0.3 is 9.88 Å². The highest BCUT2D eigenvalue weighted by atomic mass is 19.1. The Morgan fingerprint density at radius 1 is 1.17 bits per heavy atom. The van der Waals surface area contributed by atoms with E-state index < -0.39 is 11.7 Å². The van der Waals surface area contributed by atoms with Gasteiger partial charge in [0, 0.05) is 19.5 Å². The van der Waals surface area contributed by atoms with Gasteiger partial charge in [0.1, 0.15) is 11.6 Å². The maximum absolute atomic E-state index is 13.6. The molecule has 0 atom stereocenters. The molecule has 0 spiro atoms. The lowest BCUT2D eigenvalue weighted by Gasteiger charge is -2.09. The van der Waals surface area contributed by atoms with Crippen LogP contribution in [0.1, 0.15) is 29.5 Å². The molecule has 1 aromatic heterocycles. The molecule has 3 rings (SSSR count). The summed E-state index contributed by atoms with van der Waals surface area (Å²) in [5, 5.41) is 2.77. The van der Waals surface area contributed by atoms with Gasteiger partial charge in [0.2, 0.25) is 0 Å². The molecule has 0 saturated carbocycles. The summed E-state index contributed by atoms with van der Waals surface area (Å²) in [6, 6.07) is 14.0. The molecule has 1 heterocycles. The van der Waals surface area contributed by atoms with Gasteiger partial charge in [-0.05, 0) is 30.7 Å². The van der Waals surface area contributed by atoms with E-state index in [4.69, 9.17) is 0 Å². The zero-order valence-electron chi connectivity index (χ0n) is 13.6. The van der Waals surface area contributed by atoms with E-state index in [0.717, 1.165) is 29.8 Å². The number of halogens is 1. The van der Waals surface area contributed by atoms with Crippen molar-refractivity contribution in [3.8, 4) is 0 Å². The van der Waals surface area contributed by atoms with Gasteiger partial charge in [-0.1, -0.05) is 31.2 Å². The van der Waals surface area contributed by atoms with Crippen molar-refractivity contribution in [2.75, 3.05) is 6.54 Å². The fraction of sp³-hybridized carbons (Fsp3) is 0.263. The molecule has 0 bridgehead atoms. The Balaban J connectivity index is 1.71. The summed E-state index contributed by atoms with van der Waals surface area (Å²) < 4.78 is 15.8. The topological polar surface area (TPSA) is 46.9 Å². The van der Waals surface area contributed by atoms with Gasteiger partial charge >= 0.3 is 0 Å². The number of hydrogen-bond acceptors (Lipinski definition) is 2. The summed E-state index contributed by atoms with van der Waals surface area (Å²) in [7, 11) is 0. The van der Waals surface area contributed by atoms with E-state index in [1.807, 2.05) is 18.2 Å². The summed E-state index contributed by atoms with van der Waals surface area (Å²) >= 11 is 0. The maximum atomic E-state index is 13.6. The molecule has 124 valence electrons. The summed E-state index contributed by atoms with van der Waals surface area (Å²) in [4.78, 5) is 16.7. The molecular weight excluding hydrogens is 305 g/mol. The van der Waals surface area contributed by atoms with Crippen molar-refractivity contribution in [3.05, 3.63) is 65.7 Å². The second-order valence-corrected chi connectivity index (χ2v) is 5.65. The first kappa shape index (κ1) is 16.2. The number of rotatable bonds is 6. The van der Waals surface area contributed by atoms with Crippen molar-refractivity contribution in [2.24, 2.45) is 0 Å². The number of carbonyl (C=O) groups excluding carboxylic acids is 1. The highest BCUT2D eigenvalue weighted by Crippen LogP contribution is 2.17. The van der Waals surface area contributed by atoms with Crippen LogP contribution in [0.15, 0.2) is 48.5 Å². The lowest BCUT2D eigenvalue weighted by Crippen LogP contribution is -2.27. The van der Waals surface area contributed by atoms with E-state index in [2.05, 4.69) is 27.9 Å². The van der Waals surface area contributed by atoms with Crippen LogP contribution >= 0.6 is 0 Å². The molecule has 0 aliphatic rings. The van der Waals surface area contributed by atoms with Crippen molar-refractivity contribution >= 4 is 16.9 Å². The Morgan fingerprint density at radius 2 is 1.92 bits per heavy atom. The van der Waals surface area contributed by atoms with Crippen LogP contribution in [0.4, 0.5) is 4.39 Å². The van der Waals surface area contributed by atoms with E-state index in [1.54, 1.807) is 12.1 Å². The third kappa shape index (κ3) is 3.30. The van der Waals surface area contributed by atoms with E-state index in [1.165, 1.54) is 12.1 Å². The molecule has 0 radical (unpaired) electrons. The van der Waals surface area contributed by atoms with Crippen molar-refractivity contribution in [3.63, 3.8) is 0 Å². The molecule has 1 amide bonds. The quantitative estimate of drug-likeness (QED) is 0.753. The Bertz CT molecular complexity index is 857. The molecule has 0 aliphatic heterocycles.